The van der Waals surface area contributed by atoms with E-state index in [1.165, 1.54) is 23.5 Å². The van der Waals surface area contributed by atoms with Gasteiger partial charge in [-0.15, -0.1) is 11.3 Å². The summed E-state index contributed by atoms with van der Waals surface area (Å²) in [6.45, 7) is 1.73. The largest absolute Gasteiger partial charge is 0.450 e. The van der Waals surface area contributed by atoms with E-state index >= 15 is 0 Å². The van der Waals surface area contributed by atoms with Crippen LogP contribution in [0.5, 0.6) is 0 Å². The fourth-order valence-corrected chi connectivity index (χ4v) is 2.37. The molecule has 0 N–H and O–H groups in total. The van der Waals surface area contributed by atoms with Gasteiger partial charge in [0, 0.05) is 16.5 Å². The van der Waals surface area contributed by atoms with Crippen LogP contribution >= 0.6 is 11.3 Å². The highest BCUT2D eigenvalue weighted by Gasteiger charge is 2.39. The molecule has 3 nitrogen and oxygen atoms in total. The van der Waals surface area contributed by atoms with Crippen molar-refractivity contribution < 1.29 is 22.8 Å². The normalized spacial score (nSPS) is 11.4. The van der Waals surface area contributed by atoms with E-state index < -0.39 is 24.2 Å². The maximum atomic E-state index is 12.1. The lowest BCUT2D eigenvalue weighted by Crippen LogP contribution is -2.25. The number of hydrogen-bond acceptors (Lipinski definition) is 4. The van der Waals surface area contributed by atoms with Crippen LogP contribution in [0.2, 0.25) is 0 Å². The van der Waals surface area contributed by atoms with Crippen molar-refractivity contribution in [1.82, 2.24) is 4.98 Å². The van der Waals surface area contributed by atoms with Crippen molar-refractivity contribution in [3.05, 3.63) is 40.2 Å². The second kappa shape index (κ2) is 5.77. The molecule has 1 heterocycles. The van der Waals surface area contributed by atoms with Gasteiger partial charge >= 0.3 is 6.18 Å². The molecule has 0 bridgehead atoms. The summed E-state index contributed by atoms with van der Waals surface area (Å²) >= 11 is 1.42. The molecule has 0 radical (unpaired) electrons. The van der Waals surface area contributed by atoms with Crippen molar-refractivity contribution in [3.63, 3.8) is 0 Å². The van der Waals surface area contributed by atoms with Crippen LogP contribution in [0.4, 0.5) is 13.2 Å². The Morgan fingerprint density at radius 2 is 2.00 bits per heavy atom. The van der Waals surface area contributed by atoms with Crippen LogP contribution in [0, 0.1) is 6.92 Å². The van der Waals surface area contributed by atoms with E-state index in [-0.39, 0.29) is 5.56 Å². The Balaban J connectivity index is 2.21. The van der Waals surface area contributed by atoms with E-state index in [9.17, 15) is 22.8 Å². The zero-order valence-electron chi connectivity index (χ0n) is 10.9. The molecule has 7 heteroatoms. The fraction of sp³-hybridized carbons (Fsp3) is 0.214. The van der Waals surface area contributed by atoms with Gasteiger partial charge in [0.2, 0.25) is 5.78 Å². The number of halogens is 3. The highest BCUT2D eigenvalue weighted by Crippen LogP contribution is 2.25. The molecule has 0 unspecified atom stereocenters. The number of nitrogens with zero attached hydrogens (tertiary/aromatic N) is 1. The smallest absolute Gasteiger partial charge is 0.294 e. The summed E-state index contributed by atoms with van der Waals surface area (Å²) in [5, 5.41) is 1.83. The van der Waals surface area contributed by atoms with Crippen LogP contribution in [0.3, 0.4) is 0 Å². The molecule has 0 fully saturated rings. The maximum Gasteiger partial charge on any atom is 0.450 e. The Hall–Kier alpha value is -2.02. The number of aryl methyl sites for hydroxylation is 1. The third kappa shape index (κ3) is 3.55. The van der Waals surface area contributed by atoms with Crippen molar-refractivity contribution in [2.75, 3.05) is 0 Å². The van der Waals surface area contributed by atoms with Crippen LogP contribution in [-0.2, 0) is 4.79 Å². The van der Waals surface area contributed by atoms with Crippen LogP contribution in [0.15, 0.2) is 29.1 Å². The minimum Gasteiger partial charge on any atom is -0.294 e. The Morgan fingerprint density at radius 3 is 2.52 bits per heavy atom. The van der Waals surface area contributed by atoms with Crippen molar-refractivity contribution in [3.8, 4) is 11.3 Å². The summed E-state index contributed by atoms with van der Waals surface area (Å²) in [5.41, 5.74) is 4.00. The first-order valence-corrected chi connectivity index (χ1v) is 6.86. The van der Waals surface area contributed by atoms with Gasteiger partial charge in [0.15, 0.2) is 5.78 Å². The van der Waals surface area contributed by atoms with E-state index in [4.69, 9.17) is 0 Å². The predicted octanol–water partition coefficient (Wildman–Crippen LogP) is 3.82. The fourth-order valence-electron chi connectivity index (χ4n) is 1.82. The number of Topliss-reactive ketones (excluding diaryl/α,β-unsaturated/α-hetero) is 2. The lowest BCUT2D eigenvalue weighted by molar-refractivity contribution is -0.170. The van der Waals surface area contributed by atoms with Crippen molar-refractivity contribution in [2.24, 2.45) is 0 Å². The molecule has 0 amide bonds. The van der Waals surface area contributed by atoms with E-state index in [1.54, 1.807) is 18.5 Å². The molecule has 2 aromatic rings. The highest BCUT2D eigenvalue weighted by atomic mass is 32.1. The van der Waals surface area contributed by atoms with Gasteiger partial charge in [0.25, 0.3) is 0 Å². The average Bonchev–Trinajstić information content (AvgIpc) is 2.91. The van der Waals surface area contributed by atoms with Crippen LogP contribution < -0.4 is 0 Å². The van der Waals surface area contributed by atoms with Gasteiger partial charge < -0.3 is 0 Å². The maximum absolute atomic E-state index is 12.1. The van der Waals surface area contributed by atoms with Crippen molar-refractivity contribution >= 4 is 22.9 Å². The van der Waals surface area contributed by atoms with E-state index in [2.05, 4.69) is 4.98 Å². The molecular weight excluding hydrogens is 303 g/mol. The standard InChI is InChI=1S/C14H10F3NO2S/c1-8-4-9(12(19)5-13(20)14(15,16)17)2-3-10(8)11-6-21-7-18-11/h2-4,6-7H,5H2,1H3. The van der Waals surface area contributed by atoms with Gasteiger partial charge in [-0.1, -0.05) is 12.1 Å². The molecule has 0 saturated carbocycles. The monoisotopic (exact) mass is 313 g/mol. The van der Waals surface area contributed by atoms with Gasteiger partial charge in [-0.05, 0) is 18.6 Å². The van der Waals surface area contributed by atoms with Gasteiger partial charge in [0.05, 0.1) is 17.6 Å². The van der Waals surface area contributed by atoms with Crippen molar-refractivity contribution in [2.45, 2.75) is 19.5 Å². The number of ketones is 2. The van der Waals surface area contributed by atoms with Crippen molar-refractivity contribution in [1.29, 1.82) is 0 Å². The SMILES string of the molecule is Cc1cc(C(=O)CC(=O)C(F)(F)F)ccc1-c1cscn1. The van der Waals surface area contributed by atoms with Gasteiger partial charge in [0.1, 0.15) is 0 Å². The molecule has 110 valence electrons. The molecule has 1 aromatic heterocycles. The van der Waals surface area contributed by atoms with Gasteiger partial charge in [-0.2, -0.15) is 13.2 Å². The zero-order valence-corrected chi connectivity index (χ0v) is 11.7. The number of carbonyl (C=O) groups is 2. The van der Waals surface area contributed by atoms with Crippen LogP contribution in [-0.4, -0.2) is 22.7 Å². The second-order valence-electron chi connectivity index (χ2n) is 4.42. The first-order chi connectivity index (χ1) is 9.79. The summed E-state index contributed by atoms with van der Waals surface area (Å²) in [6.07, 6.45) is -6.15. The third-order valence-electron chi connectivity index (χ3n) is 2.89. The summed E-state index contributed by atoms with van der Waals surface area (Å²) in [6, 6.07) is 4.50. The second-order valence-corrected chi connectivity index (χ2v) is 5.14. The van der Waals surface area contributed by atoms with E-state index in [0.29, 0.717) is 5.56 Å². The number of thiazole rings is 1. The minimum atomic E-state index is -4.98. The first-order valence-electron chi connectivity index (χ1n) is 5.91. The molecule has 0 spiro atoms. The Bertz CT molecular complexity index is 678. The Morgan fingerprint density at radius 1 is 1.29 bits per heavy atom. The molecule has 0 aliphatic carbocycles. The van der Waals surface area contributed by atoms with Gasteiger partial charge in [-0.25, -0.2) is 4.98 Å². The van der Waals surface area contributed by atoms with E-state index in [0.717, 1.165) is 11.3 Å². The predicted molar refractivity (Wildman–Crippen MR) is 72.3 cm³/mol. The summed E-state index contributed by atoms with van der Waals surface area (Å²) in [7, 11) is 0. The summed E-state index contributed by atoms with van der Waals surface area (Å²) in [5.74, 6) is -2.88. The minimum absolute atomic E-state index is 0.0871. The molecule has 21 heavy (non-hydrogen) atoms. The van der Waals surface area contributed by atoms with E-state index in [1.807, 2.05) is 5.38 Å². The topological polar surface area (TPSA) is 47.0 Å². The number of carbonyl (C=O) groups excluding carboxylic acids is 2. The Labute approximate surface area is 122 Å². The molecule has 2 rings (SSSR count). The highest BCUT2D eigenvalue weighted by molar-refractivity contribution is 7.07. The third-order valence-corrected chi connectivity index (χ3v) is 3.48. The summed E-state index contributed by atoms with van der Waals surface area (Å²) in [4.78, 5) is 26.7. The van der Waals surface area contributed by atoms with Crippen LogP contribution in [0.25, 0.3) is 11.3 Å². The molecule has 0 aliphatic heterocycles. The summed E-state index contributed by atoms with van der Waals surface area (Å²) < 4.78 is 36.4. The molecule has 1 aromatic carbocycles. The molecular formula is C14H10F3NO2S. The lowest BCUT2D eigenvalue weighted by atomic mass is 9.99. The lowest BCUT2D eigenvalue weighted by Gasteiger charge is -2.07. The van der Waals surface area contributed by atoms with Crippen LogP contribution in [0.1, 0.15) is 22.3 Å². The number of rotatable bonds is 4. The number of aromatic nitrogens is 1. The Kier molecular flexibility index (Phi) is 4.22. The number of benzene rings is 1. The first kappa shape index (κ1) is 15.4. The quantitative estimate of drug-likeness (QED) is 0.637. The molecule has 0 atom stereocenters. The molecule has 0 aliphatic rings. The van der Waals surface area contributed by atoms with Gasteiger partial charge in [-0.3, -0.25) is 9.59 Å². The number of alkyl halides is 3. The zero-order chi connectivity index (χ0) is 15.6. The average molecular weight is 313 g/mol. The molecule has 0 saturated heterocycles. The number of hydrogen-bond donors (Lipinski definition) is 0.